The summed E-state index contributed by atoms with van der Waals surface area (Å²) in [6.07, 6.45) is 0. The molecule has 10 rings (SSSR count). The average Bonchev–Trinajstić information content (AvgIpc) is 3.78. The summed E-state index contributed by atoms with van der Waals surface area (Å²) in [4.78, 5) is 10.1. The lowest BCUT2D eigenvalue weighted by Crippen LogP contribution is -1.96. The zero-order valence-electron chi connectivity index (χ0n) is 23.9. The van der Waals surface area contributed by atoms with Crippen molar-refractivity contribution in [3.63, 3.8) is 0 Å². The zero-order valence-corrected chi connectivity index (χ0v) is 23.9. The molecule has 0 radical (unpaired) electrons. The van der Waals surface area contributed by atoms with Crippen LogP contribution in [-0.2, 0) is 0 Å². The lowest BCUT2D eigenvalue weighted by molar-refractivity contribution is 0.667. The molecule has 0 fully saturated rings. The van der Waals surface area contributed by atoms with Crippen molar-refractivity contribution < 1.29 is 8.83 Å². The highest BCUT2D eigenvalue weighted by molar-refractivity contribution is 6.24. The predicted octanol–water partition coefficient (Wildman–Crippen LogP) is 10.7. The van der Waals surface area contributed by atoms with Crippen LogP contribution in [0.5, 0.6) is 0 Å². The van der Waals surface area contributed by atoms with E-state index in [2.05, 4.69) is 83.4 Å². The van der Waals surface area contributed by atoms with Gasteiger partial charge in [-0.25, -0.2) is 9.97 Å². The molecular weight excluding hydrogens is 554 g/mol. The Kier molecular flexibility index (Phi) is 4.93. The molecule has 45 heavy (non-hydrogen) atoms. The van der Waals surface area contributed by atoms with Crippen LogP contribution in [0.3, 0.4) is 0 Å². The normalized spacial score (nSPS) is 12.0. The van der Waals surface area contributed by atoms with Gasteiger partial charge in [0.15, 0.2) is 11.4 Å². The van der Waals surface area contributed by atoms with Crippen molar-refractivity contribution in [1.29, 1.82) is 0 Å². The van der Waals surface area contributed by atoms with Gasteiger partial charge in [0.05, 0.1) is 16.4 Å². The maximum absolute atomic E-state index is 6.39. The van der Waals surface area contributed by atoms with Crippen LogP contribution in [-0.4, -0.2) is 14.5 Å². The molecular formula is C40H23N3O2. The van der Waals surface area contributed by atoms with E-state index in [-0.39, 0.29) is 0 Å². The molecule has 4 heterocycles. The number of rotatable bonds is 3. The lowest BCUT2D eigenvalue weighted by atomic mass is 10.1. The molecule has 0 aliphatic heterocycles. The smallest absolute Gasteiger partial charge is 0.180 e. The van der Waals surface area contributed by atoms with Crippen LogP contribution in [0.2, 0.25) is 0 Å². The Bertz CT molecular complexity index is 2750. The second-order valence-electron chi connectivity index (χ2n) is 11.4. The molecule has 5 nitrogen and oxygen atoms in total. The highest BCUT2D eigenvalue weighted by atomic mass is 16.3. The Hall–Kier alpha value is -6.20. The summed E-state index contributed by atoms with van der Waals surface area (Å²) in [7, 11) is 0. The highest BCUT2D eigenvalue weighted by Gasteiger charge is 2.21. The maximum atomic E-state index is 6.39. The van der Waals surface area contributed by atoms with E-state index in [0.717, 1.165) is 72.0 Å². The number of para-hydroxylation sites is 3. The number of nitrogens with zero attached hydrogens (tertiary/aromatic N) is 3. The molecule has 0 spiro atoms. The van der Waals surface area contributed by atoms with Crippen LogP contribution in [0.15, 0.2) is 148 Å². The molecule has 4 aromatic heterocycles. The van der Waals surface area contributed by atoms with Crippen LogP contribution in [0.1, 0.15) is 0 Å². The Labute approximate surface area is 256 Å². The summed E-state index contributed by atoms with van der Waals surface area (Å²) in [5.74, 6) is 0.672. The van der Waals surface area contributed by atoms with Crippen LogP contribution in [0, 0.1) is 0 Å². The number of furan rings is 2. The van der Waals surface area contributed by atoms with E-state index in [1.807, 2.05) is 60.7 Å². The van der Waals surface area contributed by atoms with Crippen LogP contribution < -0.4 is 0 Å². The van der Waals surface area contributed by atoms with Gasteiger partial charge in [-0.15, -0.1) is 0 Å². The first-order chi connectivity index (χ1) is 22.3. The Morgan fingerprint density at radius 2 is 1.16 bits per heavy atom. The minimum Gasteiger partial charge on any atom is -0.456 e. The number of hydrogen-bond acceptors (Lipinski definition) is 4. The third kappa shape index (κ3) is 3.49. The second kappa shape index (κ2) is 9.15. The van der Waals surface area contributed by atoms with Gasteiger partial charge in [0.2, 0.25) is 0 Å². The summed E-state index contributed by atoms with van der Waals surface area (Å²) in [6.45, 7) is 0. The topological polar surface area (TPSA) is 57.0 Å². The van der Waals surface area contributed by atoms with Crippen LogP contribution in [0.4, 0.5) is 0 Å². The summed E-state index contributed by atoms with van der Waals surface area (Å²) in [5, 5.41) is 5.61. The van der Waals surface area contributed by atoms with Crippen molar-refractivity contribution in [3.05, 3.63) is 140 Å². The molecule has 0 saturated heterocycles. The summed E-state index contributed by atoms with van der Waals surface area (Å²) < 4.78 is 15.0. The second-order valence-corrected chi connectivity index (χ2v) is 11.4. The number of benzene rings is 6. The average molecular weight is 578 g/mol. The first-order valence-electron chi connectivity index (χ1n) is 15.0. The Balaban J connectivity index is 1.23. The fourth-order valence-corrected chi connectivity index (χ4v) is 6.80. The van der Waals surface area contributed by atoms with Gasteiger partial charge >= 0.3 is 0 Å². The monoisotopic (exact) mass is 577 g/mol. The van der Waals surface area contributed by atoms with Gasteiger partial charge in [-0.1, -0.05) is 91.0 Å². The molecule has 0 saturated carbocycles. The SMILES string of the molecule is c1ccc(-c2nc(-c3ccc(-n4c5ccccc5c5ccc6oc7ccccc7c6c54)cc3)c3oc4ccccc4c3n2)cc1. The first-order valence-corrected chi connectivity index (χ1v) is 15.0. The molecule has 10 aromatic rings. The van der Waals surface area contributed by atoms with Crippen molar-refractivity contribution in [2.24, 2.45) is 0 Å². The first kappa shape index (κ1) is 24.3. The van der Waals surface area contributed by atoms with Gasteiger partial charge in [0.1, 0.15) is 28.0 Å². The standard InChI is InChI=1S/C40H23N3O2/c1-2-10-25(11-3-1)40-41-36(39-37(42-40)30-14-6-9-17-33(30)45-39)24-18-20-26(21-19-24)43-31-15-7-4-12-27(31)28-22-23-34-35(38(28)43)29-13-5-8-16-32(29)44-34/h1-23H. The number of fused-ring (bicyclic) bond motifs is 10. The molecule has 0 unspecified atom stereocenters. The van der Waals surface area contributed by atoms with Crippen molar-refractivity contribution in [3.8, 4) is 28.3 Å². The number of aromatic nitrogens is 3. The van der Waals surface area contributed by atoms with Crippen LogP contribution in [0.25, 0.3) is 94.1 Å². The minimum atomic E-state index is 0.672. The quantitative estimate of drug-likeness (QED) is 0.210. The summed E-state index contributed by atoms with van der Waals surface area (Å²) in [6, 6.07) is 47.9. The fourth-order valence-electron chi connectivity index (χ4n) is 6.80. The van der Waals surface area contributed by atoms with Gasteiger partial charge in [-0.3, -0.25) is 0 Å². The number of hydrogen-bond donors (Lipinski definition) is 0. The van der Waals surface area contributed by atoms with E-state index < -0.39 is 0 Å². The predicted molar refractivity (Wildman–Crippen MR) is 182 cm³/mol. The Morgan fingerprint density at radius 3 is 1.98 bits per heavy atom. The van der Waals surface area contributed by atoms with E-state index in [9.17, 15) is 0 Å². The maximum Gasteiger partial charge on any atom is 0.180 e. The van der Waals surface area contributed by atoms with Gasteiger partial charge in [0.25, 0.3) is 0 Å². The van der Waals surface area contributed by atoms with Gasteiger partial charge in [0, 0.05) is 38.4 Å². The van der Waals surface area contributed by atoms with E-state index in [0.29, 0.717) is 11.4 Å². The van der Waals surface area contributed by atoms with Gasteiger partial charge < -0.3 is 13.4 Å². The van der Waals surface area contributed by atoms with E-state index in [1.54, 1.807) is 0 Å². The molecule has 5 heteroatoms. The largest absolute Gasteiger partial charge is 0.456 e. The van der Waals surface area contributed by atoms with Crippen molar-refractivity contribution in [2.45, 2.75) is 0 Å². The van der Waals surface area contributed by atoms with Gasteiger partial charge in [-0.05, 0) is 48.5 Å². The van der Waals surface area contributed by atoms with E-state index in [4.69, 9.17) is 18.8 Å². The molecule has 0 aliphatic carbocycles. The molecule has 210 valence electrons. The van der Waals surface area contributed by atoms with Crippen molar-refractivity contribution in [2.75, 3.05) is 0 Å². The highest BCUT2D eigenvalue weighted by Crippen LogP contribution is 2.41. The molecule has 0 amide bonds. The fraction of sp³-hybridized carbons (Fsp3) is 0. The summed E-state index contributed by atoms with van der Waals surface area (Å²) >= 11 is 0. The molecule has 0 bridgehead atoms. The summed E-state index contributed by atoms with van der Waals surface area (Å²) in [5.41, 5.74) is 10.1. The molecule has 0 atom stereocenters. The van der Waals surface area contributed by atoms with Gasteiger partial charge in [-0.2, -0.15) is 0 Å². The lowest BCUT2D eigenvalue weighted by Gasteiger charge is -2.11. The molecule has 0 N–H and O–H groups in total. The van der Waals surface area contributed by atoms with Crippen molar-refractivity contribution in [1.82, 2.24) is 14.5 Å². The van der Waals surface area contributed by atoms with E-state index in [1.165, 1.54) is 10.8 Å². The molecule has 6 aromatic carbocycles. The third-order valence-corrected chi connectivity index (χ3v) is 8.83. The van der Waals surface area contributed by atoms with Crippen LogP contribution >= 0.6 is 0 Å². The minimum absolute atomic E-state index is 0.672. The zero-order chi connectivity index (χ0) is 29.5. The molecule has 0 aliphatic rings. The third-order valence-electron chi connectivity index (χ3n) is 8.83. The van der Waals surface area contributed by atoms with Crippen molar-refractivity contribution >= 4 is 65.8 Å². The van der Waals surface area contributed by atoms with E-state index >= 15 is 0 Å². The Morgan fingerprint density at radius 1 is 0.467 bits per heavy atom.